The van der Waals surface area contributed by atoms with Gasteiger partial charge in [-0.3, -0.25) is 14.1 Å². The van der Waals surface area contributed by atoms with Gasteiger partial charge in [-0.1, -0.05) is 42.0 Å². The number of hydrogen-bond donors (Lipinski definition) is 1. The van der Waals surface area contributed by atoms with E-state index < -0.39 is 22.5 Å². The molecular formula is C28H27N3O4S. The molecule has 0 aliphatic carbocycles. The highest BCUT2D eigenvalue weighted by Crippen LogP contribution is 2.32. The van der Waals surface area contributed by atoms with Crippen LogP contribution >= 0.6 is 0 Å². The molecule has 1 N–H and O–H groups in total. The Balaban J connectivity index is 1.56. The van der Waals surface area contributed by atoms with E-state index in [1.165, 1.54) is 19.2 Å². The van der Waals surface area contributed by atoms with Gasteiger partial charge in [0.2, 0.25) is 5.91 Å². The molecule has 1 amide bonds. The zero-order chi connectivity index (χ0) is 25.5. The first-order chi connectivity index (χ1) is 17.4. The minimum atomic E-state index is -4.04. The highest BCUT2D eigenvalue weighted by molar-refractivity contribution is 7.92. The lowest BCUT2D eigenvalue weighted by Crippen LogP contribution is -2.38. The molecule has 0 radical (unpaired) electrons. The number of benzene rings is 3. The molecule has 184 valence electrons. The molecule has 0 unspecified atom stereocenters. The van der Waals surface area contributed by atoms with Gasteiger partial charge < -0.3 is 10.1 Å². The molecule has 0 saturated carbocycles. The maximum absolute atomic E-state index is 13.6. The molecule has 1 heterocycles. The Morgan fingerprint density at radius 2 is 1.53 bits per heavy atom. The van der Waals surface area contributed by atoms with E-state index >= 15 is 0 Å². The molecule has 0 saturated heterocycles. The average Bonchev–Trinajstić information content (AvgIpc) is 2.89. The smallest absolute Gasteiger partial charge is 0.264 e. The fourth-order valence-corrected chi connectivity index (χ4v) is 5.18. The average molecular weight is 502 g/mol. The Kier molecular flexibility index (Phi) is 7.65. The lowest BCUT2D eigenvalue weighted by molar-refractivity contribution is -0.114. The Labute approximate surface area is 211 Å². The van der Waals surface area contributed by atoms with Gasteiger partial charge in [-0.05, 0) is 73.0 Å². The normalized spacial score (nSPS) is 11.1. The maximum Gasteiger partial charge on any atom is 0.264 e. The van der Waals surface area contributed by atoms with Crippen LogP contribution in [0.1, 0.15) is 16.7 Å². The number of amides is 1. The SMILES string of the molecule is COc1ccccc1N(CC(=O)Nc1ccc(Cc2ccncc2)cc1)S(=O)(=O)c1ccc(C)cc1. The summed E-state index contributed by atoms with van der Waals surface area (Å²) in [4.78, 5) is 17.2. The molecule has 0 atom stereocenters. The summed E-state index contributed by atoms with van der Waals surface area (Å²) < 4.78 is 33.7. The van der Waals surface area contributed by atoms with Crippen molar-refractivity contribution in [2.75, 3.05) is 23.3 Å². The van der Waals surface area contributed by atoms with Gasteiger partial charge in [-0.25, -0.2) is 8.42 Å². The van der Waals surface area contributed by atoms with Crippen LogP contribution in [0.15, 0.2) is 102 Å². The Hall–Kier alpha value is -4.17. The van der Waals surface area contributed by atoms with Crippen LogP contribution in [0.2, 0.25) is 0 Å². The summed E-state index contributed by atoms with van der Waals surface area (Å²) in [5.74, 6) is -0.125. The summed E-state index contributed by atoms with van der Waals surface area (Å²) in [5.41, 5.74) is 4.00. The van der Waals surface area contributed by atoms with E-state index in [9.17, 15) is 13.2 Å². The number of methoxy groups -OCH3 is 1. The van der Waals surface area contributed by atoms with E-state index in [4.69, 9.17) is 4.74 Å². The van der Waals surface area contributed by atoms with E-state index in [2.05, 4.69) is 10.3 Å². The Bertz CT molecular complexity index is 1420. The summed E-state index contributed by atoms with van der Waals surface area (Å²) in [6.07, 6.45) is 4.25. The summed E-state index contributed by atoms with van der Waals surface area (Å²) in [7, 11) is -2.58. The van der Waals surface area contributed by atoms with Gasteiger partial charge in [0.15, 0.2) is 0 Å². The van der Waals surface area contributed by atoms with Gasteiger partial charge in [0.25, 0.3) is 10.0 Å². The maximum atomic E-state index is 13.6. The summed E-state index contributed by atoms with van der Waals surface area (Å²) in [6, 6.07) is 24.6. The lowest BCUT2D eigenvalue weighted by Gasteiger charge is -2.25. The van der Waals surface area contributed by atoms with Crippen LogP contribution in [0.4, 0.5) is 11.4 Å². The molecule has 0 aliphatic heterocycles. The number of anilines is 2. The predicted octanol–water partition coefficient (Wildman–Crippen LogP) is 4.82. The molecule has 0 bridgehead atoms. The first-order valence-electron chi connectivity index (χ1n) is 11.4. The zero-order valence-corrected chi connectivity index (χ0v) is 20.9. The van der Waals surface area contributed by atoms with Crippen molar-refractivity contribution in [2.24, 2.45) is 0 Å². The van der Waals surface area contributed by atoms with E-state index in [-0.39, 0.29) is 10.6 Å². The van der Waals surface area contributed by atoms with Crippen LogP contribution in [0.3, 0.4) is 0 Å². The number of rotatable bonds is 9. The van der Waals surface area contributed by atoms with E-state index in [0.717, 1.165) is 27.4 Å². The third-order valence-corrected chi connectivity index (χ3v) is 7.42. The first-order valence-corrected chi connectivity index (χ1v) is 12.8. The van der Waals surface area contributed by atoms with Crippen molar-refractivity contribution in [1.82, 2.24) is 4.98 Å². The molecule has 3 aromatic carbocycles. The number of nitrogens with one attached hydrogen (secondary N) is 1. The third-order valence-electron chi connectivity index (χ3n) is 5.65. The number of hydrogen-bond acceptors (Lipinski definition) is 5. The molecule has 0 fully saturated rings. The van der Waals surface area contributed by atoms with Gasteiger partial charge in [0, 0.05) is 18.1 Å². The van der Waals surface area contributed by atoms with Crippen molar-refractivity contribution in [3.63, 3.8) is 0 Å². The predicted molar refractivity (Wildman–Crippen MR) is 141 cm³/mol. The number of aryl methyl sites for hydroxylation is 1. The second-order valence-corrected chi connectivity index (χ2v) is 10.1. The van der Waals surface area contributed by atoms with Crippen molar-refractivity contribution in [1.29, 1.82) is 0 Å². The van der Waals surface area contributed by atoms with Gasteiger partial charge in [-0.15, -0.1) is 0 Å². The molecule has 36 heavy (non-hydrogen) atoms. The van der Waals surface area contributed by atoms with Crippen LogP contribution in [0, 0.1) is 6.92 Å². The Morgan fingerprint density at radius 3 is 2.19 bits per heavy atom. The minimum Gasteiger partial charge on any atom is -0.495 e. The first kappa shape index (κ1) is 24.9. The van der Waals surface area contributed by atoms with Gasteiger partial charge >= 0.3 is 0 Å². The molecular weight excluding hydrogens is 474 g/mol. The largest absolute Gasteiger partial charge is 0.495 e. The Morgan fingerprint density at radius 1 is 0.889 bits per heavy atom. The lowest BCUT2D eigenvalue weighted by atomic mass is 10.1. The topological polar surface area (TPSA) is 88.6 Å². The third kappa shape index (κ3) is 5.90. The molecule has 1 aromatic heterocycles. The summed E-state index contributed by atoms with van der Waals surface area (Å²) in [6.45, 7) is 1.46. The number of carbonyl (C=O) groups excluding carboxylic acids is 1. The number of carbonyl (C=O) groups is 1. The van der Waals surface area contributed by atoms with Crippen molar-refractivity contribution >= 4 is 27.3 Å². The van der Waals surface area contributed by atoms with E-state index in [1.807, 2.05) is 31.2 Å². The number of ether oxygens (including phenoxy) is 1. The molecule has 0 aliphatic rings. The van der Waals surface area contributed by atoms with Crippen LogP contribution < -0.4 is 14.4 Å². The van der Waals surface area contributed by atoms with Crippen molar-refractivity contribution in [3.05, 3.63) is 114 Å². The monoisotopic (exact) mass is 501 g/mol. The minimum absolute atomic E-state index is 0.0901. The van der Waals surface area contributed by atoms with Gasteiger partial charge in [-0.2, -0.15) is 0 Å². The number of nitrogens with zero attached hydrogens (tertiary/aromatic N) is 2. The fraction of sp³-hybridized carbons (Fsp3) is 0.143. The number of para-hydroxylation sites is 2. The quantitative estimate of drug-likeness (QED) is 0.355. The number of aromatic nitrogens is 1. The van der Waals surface area contributed by atoms with Gasteiger partial charge in [0.05, 0.1) is 17.7 Å². The standard InChI is InChI=1S/C28H27N3O4S/c1-21-7-13-25(14-8-21)36(33,34)31(26-5-3-4-6-27(26)35-2)20-28(32)30-24-11-9-22(10-12-24)19-23-15-17-29-18-16-23/h3-18H,19-20H2,1-2H3,(H,30,32). The zero-order valence-electron chi connectivity index (χ0n) is 20.1. The van der Waals surface area contributed by atoms with Crippen molar-refractivity contribution in [3.8, 4) is 5.75 Å². The molecule has 0 spiro atoms. The van der Waals surface area contributed by atoms with Crippen LogP contribution in [-0.2, 0) is 21.2 Å². The van der Waals surface area contributed by atoms with Crippen molar-refractivity contribution < 1.29 is 17.9 Å². The van der Waals surface area contributed by atoms with E-state index in [1.54, 1.807) is 60.9 Å². The highest BCUT2D eigenvalue weighted by Gasteiger charge is 2.29. The second kappa shape index (κ2) is 11.0. The van der Waals surface area contributed by atoms with Gasteiger partial charge in [0.1, 0.15) is 12.3 Å². The molecule has 8 heteroatoms. The summed E-state index contributed by atoms with van der Waals surface area (Å²) >= 11 is 0. The highest BCUT2D eigenvalue weighted by atomic mass is 32.2. The molecule has 7 nitrogen and oxygen atoms in total. The summed E-state index contributed by atoms with van der Waals surface area (Å²) in [5, 5.41) is 2.81. The molecule has 4 rings (SSSR count). The second-order valence-electron chi connectivity index (χ2n) is 8.27. The van der Waals surface area contributed by atoms with Crippen LogP contribution in [0.25, 0.3) is 0 Å². The number of pyridine rings is 1. The van der Waals surface area contributed by atoms with Crippen LogP contribution in [-0.4, -0.2) is 33.0 Å². The van der Waals surface area contributed by atoms with Crippen LogP contribution in [0.5, 0.6) is 5.75 Å². The molecule has 4 aromatic rings. The van der Waals surface area contributed by atoms with E-state index in [0.29, 0.717) is 11.4 Å². The fourth-order valence-electron chi connectivity index (χ4n) is 3.75. The van der Waals surface area contributed by atoms with Crippen molar-refractivity contribution in [2.45, 2.75) is 18.2 Å². The number of sulfonamides is 1.